The molecule has 0 radical (unpaired) electrons. The van der Waals surface area contributed by atoms with E-state index in [1.165, 1.54) is 0 Å². The molecular formula is C12H23N3O2. The molecule has 0 aromatic carbocycles. The van der Waals surface area contributed by atoms with Gasteiger partial charge in [-0.2, -0.15) is 0 Å². The molecule has 1 heterocycles. The Hall–Kier alpha value is -1.10. The standard InChI is InChI=1S/C12H23N3O2/c1-11(2)3-4-13-9-12(17)15-7-5-14(10-16)6-8-15/h10-11,13H,3-9H2,1-2H3. The Morgan fingerprint density at radius 2 is 1.94 bits per heavy atom. The SMILES string of the molecule is CC(C)CCNCC(=O)N1CCN(C=O)CC1. The monoisotopic (exact) mass is 241 g/mol. The molecular weight excluding hydrogens is 218 g/mol. The number of carbonyl (C=O) groups excluding carboxylic acids is 2. The predicted octanol–water partition coefficient (Wildman–Crippen LogP) is -0.0773. The van der Waals surface area contributed by atoms with Gasteiger partial charge in [0, 0.05) is 26.2 Å². The molecule has 98 valence electrons. The Balaban J connectivity index is 2.14. The van der Waals surface area contributed by atoms with Crippen LogP contribution in [0.5, 0.6) is 0 Å². The van der Waals surface area contributed by atoms with Crippen molar-refractivity contribution in [2.75, 3.05) is 39.3 Å². The topological polar surface area (TPSA) is 52.7 Å². The van der Waals surface area contributed by atoms with Gasteiger partial charge in [0.25, 0.3) is 0 Å². The molecule has 1 aliphatic heterocycles. The van der Waals surface area contributed by atoms with Crippen LogP contribution >= 0.6 is 0 Å². The average molecular weight is 241 g/mol. The van der Waals surface area contributed by atoms with E-state index in [1.54, 1.807) is 4.90 Å². The highest BCUT2D eigenvalue weighted by Crippen LogP contribution is 2.00. The largest absolute Gasteiger partial charge is 0.342 e. The molecule has 0 saturated carbocycles. The molecule has 0 bridgehead atoms. The summed E-state index contributed by atoms with van der Waals surface area (Å²) >= 11 is 0. The molecule has 0 unspecified atom stereocenters. The summed E-state index contributed by atoms with van der Waals surface area (Å²) in [4.78, 5) is 25.8. The third kappa shape index (κ3) is 5.17. The van der Waals surface area contributed by atoms with Crippen LogP contribution in [0.2, 0.25) is 0 Å². The second-order valence-electron chi connectivity index (χ2n) is 4.88. The highest BCUT2D eigenvalue weighted by Gasteiger charge is 2.19. The Morgan fingerprint density at radius 3 is 2.47 bits per heavy atom. The maximum Gasteiger partial charge on any atom is 0.236 e. The van der Waals surface area contributed by atoms with Crippen LogP contribution < -0.4 is 5.32 Å². The van der Waals surface area contributed by atoms with Crippen molar-refractivity contribution in [2.45, 2.75) is 20.3 Å². The lowest BCUT2D eigenvalue weighted by Crippen LogP contribution is -2.50. The van der Waals surface area contributed by atoms with Crippen LogP contribution in [0.15, 0.2) is 0 Å². The highest BCUT2D eigenvalue weighted by atomic mass is 16.2. The smallest absolute Gasteiger partial charge is 0.236 e. The molecule has 17 heavy (non-hydrogen) atoms. The normalized spacial score (nSPS) is 16.4. The van der Waals surface area contributed by atoms with Crippen LogP contribution in [-0.4, -0.2) is 61.4 Å². The zero-order valence-corrected chi connectivity index (χ0v) is 10.8. The van der Waals surface area contributed by atoms with E-state index in [9.17, 15) is 9.59 Å². The van der Waals surface area contributed by atoms with Crippen molar-refractivity contribution in [1.82, 2.24) is 15.1 Å². The summed E-state index contributed by atoms with van der Waals surface area (Å²) in [6, 6.07) is 0. The molecule has 1 aliphatic rings. The third-order valence-electron chi connectivity index (χ3n) is 2.99. The lowest BCUT2D eigenvalue weighted by atomic mass is 10.1. The molecule has 1 saturated heterocycles. The molecule has 2 amide bonds. The number of hydrogen-bond donors (Lipinski definition) is 1. The number of nitrogens with one attached hydrogen (secondary N) is 1. The van der Waals surface area contributed by atoms with Gasteiger partial charge in [-0.05, 0) is 18.9 Å². The first kappa shape index (κ1) is 14.0. The van der Waals surface area contributed by atoms with E-state index in [1.807, 2.05) is 4.90 Å². The summed E-state index contributed by atoms with van der Waals surface area (Å²) in [5.74, 6) is 0.799. The van der Waals surface area contributed by atoms with Gasteiger partial charge in [0.1, 0.15) is 0 Å². The second kappa shape index (κ2) is 7.27. The number of amides is 2. The first-order valence-corrected chi connectivity index (χ1v) is 6.31. The third-order valence-corrected chi connectivity index (χ3v) is 2.99. The van der Waals surface area contributed by atoms with E-state index in [0.717, 1.165) is 19.4 Å². The summed E-state index contributed by atoms with van der Waals surface area (Å²) < 4.78 is 0. The van der Waals surface area contributed by atoms with E-state index in [-0.39, 0.29) is 5.91 Å². The average Bonchev–Trinajstić information content (AvgIpc) is 2.34. The number of carbonyl (C=O) groups is 2. The zero-order valence-electron chi connectivity index (χ0n) is 10.8. The van der Waals surface area contributed by atoms with Gasteiger partial charge in [-0.25, -0.2) is 0 Å². The first-order chi connectivity index (χ1) is 8.13. The van der Waals surface area contributed by atoms with Crippen molar-refractivity contribution in [2.24, 2.45) is 5.92 Å². The minimum Gasteiger partial charge on any atom is -0.342 e. The molecule has 5 heteroatoms. The fraction of sp³-hybridized carbons (Fsp3) is 0.833. The molecule has 1 fully saturated rings. The Morgan fingerprint density at radius 1 is 1.29 bits per heavy atom. The molecule has 0 aromatic rings. The van der Waals surface area contributed by atoms with Gasteiger partial charge in [0.15, 0.2) is 0 Å². The number of piperazine rings is 1. The molecule has 0 spiro atoms. The molecule has 0 aromatic heterocycles. The summed E-state index contributed by atoms with van der Waals surface area (Å²) in [5, 5.41) is 3.16. The van der Waals surface area contributed by atoms with Crippen LogP contribution in [0, 0.1) is 5.92 Å². The van der Waals surface area contributed by atoms with Gasteiger partial charge in [-0.1, -0.05) is 13.8 Å². The number of hydrogen-bond acceptors (Lipinski definition) is 3. The van der Waals surface area contributed by atoms with Gasteiger partial charge in [-0.15, -0.1) is 0 Å². The van der Waals surface area contributed by atoms with Gasteiger partial charge in [0.05, 0.1) is 6.54 Å². The maximum atomic E-state index is 11.8. The van der Waals surface area contributed by atoms with Gasteiger partial charge >= 0.3 is 0 Å². The summed E-state index contributed by atoms with van der Waals surface area (Å²) in [5.41, 5.74) is 0. The van der Waals surface area contributed by atoms with Crippen molar-refractivity contribution in [3.05, 3.63) is 0 Å². The van der Waals surface area contributed by atoms with E-state index in [4.69, 9.17) is 0 Å². The fourth-order valence-electron chi connectivity index (χ4n) is 1.77. The van der Waals surface area contributed by atoms with Crippen LogP contribution in [-0.2, 0) is 9.59 Å². The molecule has 5 nitrogen and oxygen atoms in total. The second-order valence-corrected chi connectivity index (χ2v) is 4.88. The minimum atomic E-state index is 0.138. The zero-order chi connectivity index (χ0) is 12.7. The van der Waals surface area contributed by atoms with Crippen molar-refractivity contribution in [1.29, 1.82) is 0 Å². The fourth-order valence-corrected chi connectivity index (χ4v) is 1.77. The molecule has 1 rings (SSSR count). The van der Waals surface area contributed by atoms with E-state index < -0.39 is 0 Å². The van der Waals surface area contributed by atoms with Crippen LogP contribution in [0.4, 0.5) is 0 Å². The van der Waals surface area contributed by atoms with Crippen LogP contribution in [0.3, 0.4) is 0 Å². The van der Waals surface area contributed by atoms with Gasteiger partial charge in [-0.3, -0.25) is 9.59 Å². The summed E-state index contributed by atoms with van der Waals surface area (Å²) in [6.07, 6.45) is 1.94. The minimum absolute atomic E-state index is 0.138. The Labute approximate surface area is 103 Å². The van der Waals surface area contributed by atoms with E-state index in [0.29, 0.717) is 38.6 Å². The van der Waals surface area contributed by atoms with Crippen LogP contribution in [0.1, 0.15) is 20.3 Å². The predicted molar refractivity (Wildman–Crippen MR) is 66.5 cm³/mol. The Kier molecular flexibility index (Phi) is 5.97. The van der Waals surface area contributed by atoms with E-state index in [2.05, 4.69) is 19.2 Å². The summed E-state index contributed by atoms with van der Waals surface area (Å²) in [6.45, 7) is 8.26. The van der Waals surface area contributed by atoms with Crippen molar-refractivity contribution in [3.8, 4) is 0 Å². The van der Waals surface area contributed by atoms with Crippen molar-refractivity contribution < 1.29 is 9.59 Å². The van der Waals surface area contributed by atoms with Crippen molar-refractivity contribution >= 4 is 12.3 Å². The van der Waals surface area contributed by atoms with Crippen molar-refractivity contribution in [3.63, 3.8) is 0 Å². The molecule has 1 N–H and O–H groups in total. The lowest BCUT2D eigenvalue weighted by Gasteiger charge is -2.32. The molecule has 0 aliphatic carbocycles. The van der Waals surface area contributed by atoms with Gasteiger partial charge in [0.2, 0.25) is 12.3 Å². The lowest BCUT2D eigenvalue weighted by molar-refractivity contribution is -0.134. The Bertz CT molecular complexity index is 248. The highest BCUT2D eigenvalue weighted by molar-refractivity contribution is 5.78. The molecule has 0 atom stereocenters. The quantitative estimate of drug-likeness (QED) is 0.523. The first-order valence-electron chi connectivity index (χ1n) is 6.31. The number of nitrogens with zero attached hydrogens (tertiary/aromatic N) is 2. The van der Waals surface area contributed by atoms with Gasteiger partial charge < -0.3 is 15.1 Å². The number of rotatable bonds is 6. The van der Waals surface area contributed by atoms with E-state index >= 15 is 0 Å². The van der Waals surface area contributed by atoms with Crippen LogP contribution in [0.25, 0.3) is 0 Å². The maximum absolute atomic E-state index is 11.8. The summed E-state index contributed by atoms with van der Waals surface area (Å²) in [7, 11) is 0.